The van der Waals surface area contributed by atoms with E-state index >= 15 is 0 Å². The molecule has 4 rings (SSSR count). The molecule has 3 saturated heterocycles. The van der Waals surface area contributed by atoms with E-state index in [1.54, 1.807) is 7.11 Å². The first-order valence-electron chi connectivity index (χ1n) is 10.5. The van der Waals surface area contributed by atoms with Crippen LogP contribution in [0.2, 0.25) is 0 Å². The average molecular weight is 408 g/mol. The molecule has 7 heteroatoms. The van der Waals surface area contributed by atoms with E-state index in [0.717, 1.165) is 38.5 Å². The van der Waals surface area contributed by atoms with Crippen LogP contribution in [0.1, 0.15) is 18.4 Å². The van der Waals surface area contributed by atoms with Crippen molar-refractivity contribution in [1.29, 1.82) is 0 Å². The second-order valence-electron chi connectivity index (χ2n) is 8.19. The first kappa shape index (κ1) is 20.3. The van der Waals surface area contributed by atoms with Crippen LogP contribution in [0.25, 0.3) is 0 Å². The first-order chi connectivity index (χ1) is 13.7. The number of hydrogen-bond donors (Lipinski definition) is 2. The summed E-state index contributed by atoms with van der Waals surface area (Å²) in [6.45, 7) is 6.25. The average Bonchev–Trinajstić information content (AvgIpc) is 3.05. The number of β-amino-alcohol motifs (C(OH)–C–C–N with tert-alkyl or cyclic N) is 1. The SMILES string of the molecule is COc1cc(CN2CCSCC2)ccc1OCC(O)CN1C[C@H]2CC[C@@H](C1)N2. The normalized spacial score (nSPS) is 26.9. The molecular formula is C21H33N3O3S. The number of fused-ring (bicyclic) bond motifs is 2. The number of benzene rings is 1. The number of hydrogen-bond acceptors (Lipinski definition) is 7. The monoisotopic (exact) mass is 407 g/mol. The van der Waals surface area contributed by atoms with E-state index in [1.807, 2.05) is 17.8 Å². The summed E-state index contributed by atoms with van der Waals surface area (Å²) in [5, 5.41) is 14.1. The largest absolute Gasteiger partial charge is 0.493 e. The van der Waals surface area contributed by atoms with Crippen molar-refractivity contribution in [3.8, 4) is 11.5 Å². The molecule has 0 aliphatic carbocycles. The molecule has 1 unspecified atom stereocenters. The Kier molecular flexibility index (Phi) is 7.01. The lowest BCUT2D eigenvalue weighted by Gasteiger charge is -2.34. The highest BCUT2D eigenvalue weighted by Crippen LogP contribution is 2.29. The van der Waals surface area contributed by atoms with Crippen LogP contribution in [0, 0.1) is 0 Å². The number of methoxy groups -OCH3 is 1. The van der Waals surface area contributed by atoms with Gasteiger partial charge in [0.1, 0.15) is 12.7 Å². The van der Waals surface area contributed by atoms with Gasteiger partial charge < -0.3 is 19.9 Å². The van der Waals surface area contributed by atoms with Gasteiger partial charge in [0, 0.05) is 62.9 Å². The zero-order valence-corrected chi connectivity index (χ0v) is 17.6. The van der Waals surface area contributed by atoms with Crippen molar-refractivity contribution < 1.29 is 14.6 Å². The summed E-state index contributed by atoms with van der Waals surface area (Å²) in [7, 11) is 1.68. The lowest BCUT2D eigenvalue weighted by Crippen LogP contribution is -2.53. The van der Waals surface area contributed by atoms with E-state index in [9.17, 15) is 5.11 Å². The molecule has 3 atom stereocenters. The molecule has 0 radical (unpaired) electrons. The molecule has 2 bridgehead atoms. The topological polar surface area (TPSA) is 57.2 Å². The Labute approximate surface area is 172 Å². The van der Waals surface area contributed by atoms with Crippen molar-refractivity contribution in [3.05, 3.63) is 23.8 Å². The van der Waals surface area contributed by atoms with E-state index < -0.39 is 6.10 Å². The van der Waals surface area contributed by atoms with Crippen molar-refractivity contribution in [3.63, 3.8) is 0 Å². The predicted octanol–water partition coefficient (Wildman–Crippen LogP) is 1.42. The summed E-state index contributed by atoms with van der Waals surface area (Å²) in [4.78, 5) is 4.85. The summed E-state index contributed by atoms with van der Waals surface area (Å²) in [5.74, 6) is 3.88. The van der Waals surface area contributed by atoms with Gasteiger partial charge in [0.05, 0.1) is 7.11 Å². The summed E-state index contributed by atoms with van der Waals surface area (Å²) in [6.07, 6.45) is 2.02. The third-order valence-corrected chi connectivity index (χ3v) is 6.87. The third kappa shape index (κ3) is 5.33. The fourth-order valence-corrected chi connectivity index (χ4v) is 5.50. The molecule has 0 saturated carbocycles. The Balaban J connectivity index is 1.27. The quantitative estimate of drug-likeness (QED) is 0.676. The minimum Gasteiger partial charge on any atom is -0.493 e. The molecule has 1 aromatic carbocycles. The zero-order valence-electron chi connectivity index (χ0n) is 16.8. The zero-order chi connectivity index (χ0) is 19.3. The van der Waals surface area contributed by atoms with Crippen molar-refractivity contribution in [2.24, 2.45) is 0 Å². The maximum Gasteiger partial charge on any atom is 0.161 e. The molecule has 0 aromatic heterocycles. The minimum atomic E-state index is -0.493. The molecule has 3 fully saturated rings. The van der Waals surface area contributed by atoms with E-state index in [0.29, 0.717) is 24.4 Å². The van der Waals surface area contributed by atoms with Crippen molar-refractivity contribution in [2.45, 2.75) is 37.6 Å². The molecular weight excluding hydrogens is 374 g/mol. The maximum absolute atomic E-state index is 10.5. The van der Waals surface area contributed by atoms with Gasteiger partial charge in [0.25, 0.3) is 0 Å². The minimum absolute atomic E-state index is 0.290. The number of aliphatic hydroxyl groups excluding tert-OH is 1. The highest BCUT2D eigenvalue weighted by Gasteiger charge is 2.32. The highest BCUT2D eigenvalue weighted by molar-refractivity contribution is 7.99. The Hall–Kier alpha value is -0.990. The lowest BCUT2D eigenvalue weighted by molar-refractivity contribution is 0.0558. The molecule has 2 N–H and O–H groups in total. The van der Waals surface area contributed by atoms with Crippen LogP contribution in [-0.4, -0.2) is 91.0 Å². The number of thioether (sulfide) groups is 1. The van der Waals surface area contributed by atoms with Crippen molar-refractivity contribution >= 4 is 11.8 Å². The molecule has 3 aliphatic heterocycles. The van der Waals surface area contributed by atoms with E-state index in [4.69, 9.17) is 9.47 Å². The molecule has 0 spiro atoms. The summed E-state index contributed by atoms with van der Waals surface area (Å²) in [6, 6.07) is 7.35. The van der Waals surface area contributed by atoms with Gasteiger partial charge in [-0.25, -0.2) is 0 Å². The number of ether oxygens (including phenoxy) is 2. The maximum atomic E-state index is 10.5. The Morgan fingerprint density at radius 1 is 1.14 bits per heavy atom. The van der Waals surface area contributed by atoms with Crippen LogP contribution < -0.4 is 14.8 Å². The fourth-order valence-electron chi connectivity index (χ4n) is 4.52. The fraction of sp³-hybridized carbons (Fsp3) is 0.714. The number of nitrogens with zero attached hydrogens (tertiary/aromatic N) is 2. The lowest BCUT2D eigenvalue weighted by atomic mass is 10.2. The van der Waals surface area contributed by atoms with Gasteiger partial charge in [0.15, 0.2) is 11.5 Å². The standard InChI is InChI=1S/C21H33N3O3S/c1-26-21-10-16(11-23-6-8-28-9-7-23)2-5-20(21)27-15-19(25)14-24-12-17-3-4-18(13-24)22-17/h2,5,10,17-19,22,25H,3-4,6-9,11-15H2,1H3/t17-,18+,19?. The Bertz CT molecular complexity index is 629. The molecule has 3 aliphatic rings. The number of rotatable bonds is 8. The smallest absolute Gasteiger partial charge is 0.161 e. The van der Waals surface area contributed by atoms with E-state index in [-0.39, 0.29) is 6.61 Å². The van der Waals surface area contributed by atoms with Gasteiger partial charge in [-0.1, -0.05) is 6.07 Å². The summed E-state index contributed by atoms with van der Waals surface area (Å²) < 4.78 is 11.5. The van der Waals surface area contributed by atoms with Crippen molar-refractivity contribution in [1.82, 2.24) is 15.1 Å². The van der Waals surface area contributed by atoms with Gasteiger partial charge in [-0.2, -0.15) is 11.8 Å². The van der Waals surface area contributed by atoms with Gasteiger partial charge in [-0.3, -0.25) is 9.80 Å². The molecule has 156 valence electrons. The van der Waals surface area contributed by atoms with Crippen molar-refractivity contribution in [2.75, 3.05) is 57.9 Å². The molecule has 3 heterocycles. The first-order valence-corrected chi connectivity index (χ1v) is 11.6. The third-order valence-electron chi connectivity index (χ3n) is 5.93. The predicted molar refractivity (Wildman–Crippen MR) is 113 cm³/mol. The summed E-state index contributed by atoms with van der Waals surface area (Å²) in [5.41, 5.74) is 1.24. The van der Waals surface area contributed by atoms with Crippen LogP contribution in [0.3, 0.4) is 0 Å². The molecule has 1 aromatic rings. The number of aliphatic hydroxyl groups is 1. The number of nitrogens with one attached hydrogen (secondary N) is 1. The number of piperazine rings is 1. The molecule has 28 heavy (non-hydrogen) atoms. The second kappa shape index (κ2) is 9.67. The summed E-state index contributed by atoms with van der Waals surface area (Å²) >= 11 is 2.03. The second-order valence-corrected chi connectivity index (χ2v) is 9.42. The molecule has 6 nitrogen and oxygen atoms in total. The number of likely N-dealkylation sites (tertiary alicyclic amines) is 1. The van der Waals surface area contributed by atoms with Crippen LogP contribution in [0.4, 0.5) is 0 Å². The van der Waals surface area contributed by atoms with Gasteiger partial charge in [-0.15, -0.1) is 0 Å². The van der Waals surface area contributed by atoms with Crippen LogP contribution >= 0.6 is 11.8 Å². The van der Waals surface area contributed by atoms with E-state index in [1.165, 1.54) is 29.9 Å². The molecule has 0 amide bonds. The highest BCUT2D eigenvalue weighted by atomic mass is 32.2. The van der Waals surface area contributed by atoms with Gasteiger partial charge in [-0.05, 0) is 30.5 Å². The van der Waals surface area contributed by atoms with Crippen LogP contribution in [-0.2, 0) is 6.54 Å². The van der Waals surface area contributed by atoms with Crippen LogP contribution in [0.15, 0.2) is 18.2 Å². The Morgan fingerprint density at radius 2 is 1.89 bits per heavy atom. The van der Waals surface area contributed by atoms with Gasteiger partial charge >= 0.3 is 0 Å². The van der Waals surface area contributed by atoms with E-state index in [2.05, 4.69) is 27.2 Å². The van der Waals surface area contributed by atoms with Gasteiger partial charge in [0.2, 0.25) is 0 Å². The van der Waals surface area contributed by atoms with Crippen LogP contribution in [0.5, 0.6) is 11.5 Å². The Morgan fingerprint density at radius 3 is 2.61 bits per heavy atom.